The van der Waals surface area contributed by atoms with Gasteiger partial charge in [0.15, 0.2) is 0 Å². The molecule has 12 nitrogen and oxygen atoms in total. The molecule has 0 spiro atoms. The number of benzene rings is 1. The third kappa shape index (κ3) is 9.47. The lowest BCUT2D eigenvalue weighted by molar-refractivity contribution is -0.143. The molecule has 0 aliphatic rings. The average Bonchev–Trinajstić information content (AvgIpc) is 2.75. The number of hydrogen-bond acceptors (Lipinski definition) is 8. The van der Waals surface area contributed by atoms with Gasteiger partial charge in [0.05, 0.1) is 12.5 Å². The molecular formula is C20H28N4O8S. The topological polar surface area (TPSA) is 208 Å². The fourth-order valence-electron chi connectivity index (χ4n) is 2.66. The maximum Gasteiger partial charge on any atom is 0.327 e. The number of hydrogen-bond donors (Lipinski definition) is 8. The Kier molecular flexibility index (Phi) is 11.3. The van der Waals surface area contributed by atoms with Gasteiger partial charge in [0, 0.05) is 12.2 Å². The van der Waals surface area contributed by atoms with Gasteiger partial charge in [-0.2, -0.15) is 12.6 Å². The first-order chi connectivity index (χ1) is 15.5. The molecule has 0 fully saturated rings. The molecule has 3 amide bonds. The molecule has 1 rings (SSSR count). The van der Waals surface area contributed by atoms with Crippen molar-refractivity contribution in [2.24, 2.45) is 5.73 Å². The van der Waals surface area contributed by atoms with Gasteiger partial charge in [0.2, 0.25) is 17.7 Å². The van der Waals surface area contributed by atoms with Crippen LogP contribution in [0.3, 0.4) is 0 Å². The second-order valence-corrected chi connectivity index (χ2v) is 7.62. The minimum atomic E-state index is -1.63. The van der Waals surface area contributed by atoms with Gasteiger partial charge in [-0.15, -0.1) is 0 Å². The van der Waals surface area contributed by atoms with Crippen molar-refractivity contribution in [3.05, 3.63) is 35.9 Å². The Labute approximate surface area is 195 Å². The normalized spacial score (nSPS) is 15.3. The number of amides is 3. The van der Waals surface area contributed by atoms with Crippen LogP contribution in [0.1, 0.15) is 18.9 Å². The zero-order valence-corrected chi connectivity index (χ0v) is 18.7. The van der Waals surface area contributed by atoms with Crippen LogP contribution >= 0.6 is 12.6 Å². The van der Waals surface area contributed by atoms with Crippen molar-refractivity contribution in [3.63, 3.8) is 0 Å². The van der Waals surface area contributed by atoms with Gasteiger partial charge in [0.1, 0.15) is 24.2 Å². The van der Waals surface area contributed by atoms with Gasteiger partial charge < -0.3 is 37.0 Å². The molecule has 5 unspecified atom stereocenters. The number of aliphatic carboxylic acids is 2. The lowest BCUT2D eigenvalue weighted by Gasteiger charge is -2.25. The van der Waals surface area contributed by atoms with Crippen molar-refractivity contribution >= 4 is 42.3 Å². The van der Waals surface area contributed by atoms with E-state index < -0.39 is 66.4 Å². The molecule has 182 valence electrons. The molecule has 1 aromatic carbocycles. The van der Waals surface area contributed by atoms with Crippen molar-refractivity contribution in [1.29, 1.82) is 0 Å². The Morgan fingerprint density at radius 3 is 1.91 bits per heavy atom. The zero-order valence-electron chi connectivity index (χ0n) is 17.8. The highest BCUT2D eigenvalue weighted by Gasteiger charge is 2.32. The summed E-state index contributed by atoms with van der Waals surface area (Å²) in [5, 5.41) is 34.5. The summed E-state index contributed by atoms with van der Waals surface area (Å²) in [7, 11) is 0. The number of aliphatic hydroxyl groups is 1. The number of carbonyl (C=O) groups excluding carboxylic acids is 3. The summed E-state index contributed by atoms with van der Waals surface area (Å²) in [5.41, 5.74) is 6.26. The summed E-state index contributed by atoms with van der Waals surface area (Å²) >= 11 is 3.82. The number of aliphatic hydroxyl groups excluding tert-OH is 1. The van der Waals surface area contributed by atoms with Crippen LogP contribution in [-0.2, 0) is 30.4 Å². The Hall–Kier alpha value is -3.16. The van der Waals surface area contributed by atoms with Gasteiger partial charge in [-0.25, -0.2) is 4.79 Å². The third-order valence-corrected chi connectivity index (χ3v) is 4.91. The Balaban J connectivity index is 3.09. The van der Waals surface area contributed by atoms with Crippen LogP contribution in [-0.4, -0.2) is 81.0 Å². The van der Waals surface area contributed by atoms with Crippen molar-refractivity contribution in [3.8, 4) is 0 Å². The summed E-state index contributed by atoms with van der Waals surface area (Å²) < 4.78 is 0. The highest BCUT2D eigenvalue weighted by molar-refractivity contribution is 7.80. The highest BCUT2D eigenvalue weighted by Crippen LogP contribution is 2.06. The van der Waals surface area contributed by atoms with E-state index in [1.165, 1.54) is 6.92 Å². The largest absolute Gasteiger partial charge is 0.481 e. The number of carboxylic acids is 2. The minimum Gasteiger partial charge on any atom is -0.481 e. The van der Waals surface area contributed by atoms with E-state index in [1.807, 2.05) is 0 Å². The predicted octanol–water partition coefficient (Wildman–Crippen LogP) is -2.12. The van der Waals surface area contributed by atoms with E-state index in [9.17, 15) is 29.1 Å². The van der Waals surface area contributed by atoms with E-state index in [1.54, 1.807) is 30.3 Å². The molecule has 8 N–H and O–H groups in total. The number of nitrogens with two attached hydrogens (primary N) is 1. The number of rotatable bonds is 13. The Morgan fingerprint density at radius 2 is 1.42 bits per heavy atom. The van der Waals surface area contributed by atoms with Gasteiger partial charge in [0.25, 0.3) is 0 Å². The number of nitrogens with one attached hydrogen (secondary N) is 3. The fraction of sp³-hybridized carbons (Fsp3) is 0.450. The zero-order chi connectivity index (χ0) is 25.1. The molecule has 0 aliphatic carbocycles. The quantitative estimate of drug-likeness (QED) is 0.144. The molecule has 0 saturated heterocycles. The fourth-order valence-corrected chi connectivity index (χ4v) is 2.91. The number of carbonyl (C=O) groups is 5. The molecule has 5 atom stereocenters. The minimum absolute atomic E-state index is 0.0270. The van der Waals surface area contributed by atoms with E-state index in [0.29, 0.717) is 5.56 Å². The van der Waals surface area contributed by atoms with Crippen LogP contribution in [0.2, 0.25) is 0 Å². The van der Waals surface area contributed by atoms with Crippen LogP contribution in [0.15, 0.2) is 30.3 Å². The van der Waals surface area contributed by atoms with Gasteiger partial charge in [-0.3, -0.25) is 19.2 Å². The maximum atomic E-state index is 12.9. The Morgan fingerprint density at radius 1 is 0.909 bits per heavy atom. The van der Waals surface area contributed by atoms with Gasteiger partial charge in [-0.05, 0) is 12.5 Å². The van der Waals surface area contributed by atoms with Crippen molar-refractivity contribution < 1.29 is 39.3 Å². The van der Waals surface area contributed by atoms with E-state index in [2.05, 4.69) is 28.6 Å². The van der Waals surface area contributed by atoms with E-state index >= 15 is 0 Å². The van der Waals surface area contributed by atoms with Crippen molar-refractivity contribution in [2.75, 3.05) is 5.75 Å². The molecular weight excluding hydrogens is 456 g/mol. The van der Waals surface area contributed by atoms with Gasteiger partial charge in [-0.1, -0.05) is 30.3 Å². The first-order valence-corrected chi connectivity index (χ1v) is 10.5. The molecule has 0 heterocycles. The van der Waals surface area contributed by atoms with Crippen LogP contribution in [0.5, 0.6) is 0 Å². The monoisotopic (exact) mass is 484 g/mol. The van der Waals surface area contributed by atoms with E-state index in [-0.39, 0.29) is 12.2 Å². The molecule has 0 aliphatic heterocycles. The highest BCUT2D eigenvalue weighted by atomic mass is 32.1. The smallest absolute Gasteiger partial charge is 0.327 e. The average molecular weight is 485 g/mol. The molecule has 13 heteroatoms. The molecule has 0 saturated carbocycles. The predicted molar refractivity (Wildman–Crippen MR) is 119 cm³/mol. The summed E-state index contributed by atoms with van der Waals surface area (Å²) in [6.07, 6.45) is -2.07. The first kappa shape index (κ1) is 27.9. The standard InChI is InChI=1S/C20H28N4O8S/c1-10(25)16(21)19(30)23-12(7-11-5-3-2-4-6-11)17(28)22-13(8-15(26)27)18(29)24-14(9-33)20(31)32/h2-6,10,12-14,16,25,33H,7-9,21H2,1H3,(H,22,28)(H,23,30)(H,24,29)(H,26,27)(H,31,32). The van der Waals surface area contributed by atoms with Gasteiger partial charge >= 0.3 is 11.9 Å². The molecule has 33 heavy (non-hydrogen) atoms. The van der Waals surface area contributed by atoms with Crippen LogP contribution < -0.4 is 21.7 Å². The SMILES string of the molecule is CC(O)C(N)C(=O)NC(Cc1ccccc1)C(=O)NC(CC(=O)O)C(=O)NC(CS)C(=O)O. The van der Waals surface area contributed by atoms with E-state index in [4.69, 9.17) is 15.9 Å². The number of thiol groups is 1. The van der Waals surface area contributed by atoms with Crippen molar-refractivity contribution in [1.82, 2.24) is 16.0 Å². The van der Waals surface area contributed by atoms with Crippen LogP contribution in [0.25, 0.3) is 0 Å². The Bertz CT molecular complexity index is 852. The summed E-state index contributed by atoms with van der Waals surface area (Å²) in [5.74, 6) is -5.85. The lowest BCUT2D eigenvalue weighted by Crippen LogP contribution is -2.59. The van der Waals surface area contributed by atoms with Crippen molar-refractivity contribution in [2.45, 2.75) is 50.0 Å². The second-order valence-electron chi connectivity index (χ2n) is 7.26. The second kappa shape index (κ2) is 13.4. The molecule has 0 bridgehead atoms. The third-order valence-electron chi connectivity index (χ3n) is 4.55. The summed E-state index contributed by atoms with van der Waals surface area (Å²) in [6.45, 7) is 1.30. The summed E-state index contributed by atoms with van der Waals surface area (Å²) in [4.78, 5) is 60.1. The maximum absolute atomic E-state index is 12.9. The molecule has 0 radical (unpaired) electrons. The van der Waals surface area contributed by atoms with E-state index in [0.717, 1.165) is 0 Å². The molecule has 1 aromatic rings. The van der Waals surface area contributed by atoms with Crippen LogP contribution in [0, 0.1) is 0 Å². The summed E-state index contributed by atoms with van der Waals surface area (Å²) in [6, 6.07) is 2.90. The first-order valence-electron chi connectivity index (χ1n) is 9.90. The lowest BCUT2D eigenvalue weighted by atomic mass is 10.0. The number of carboxylic acid groups (broad SMARTS) is 2. The van der Waals surface area contributed by atoms with Crippen LogP contribution in [0.4, 0.5) is 0 Å². The molecule has 0 aromatic heterocycles.